The summed E-state index contributed by atoms with van der Waals surface area (Å²) in [5.41, 5.74) is 2.08. The zero-order valence-electron chi connectivity index (χ0n) is 15.6. The molecule has 0 saturated heterocycles. The summed E-state index contributed by atoms with van der Waals surface area (Å²) < 4.78 is 5.64. The van der Waals surface area contributed by atoms with Gasteiger partial charge in [0, 0.05) is 6.42 Å². The summed E-state index contributed by atoms with van der Waals surface area (Å²) >= 11 is 3.79. The van der Waals surface area contributed by atoms with E-state index in [9.17, 15) is 14.4 Å². The average molecular weight is 404 g/mol. The van der Waals surface area contributed by atoms with Gasteiger partial charge in [-0.2, -0.15) is 0 Å². The van der Waals surface area contributed by atoms with Crippen molar-refractivity contribution in [2.75, 3.05) is 0 Å². The smallest absolute Gasteiger partial charge is 0.376 e. The van der Waals surface area contributed by atoms with E-state index >= 15 is 0 Å². The third kappa shape index (κ3) is 5.42. The highest BCUT2D eigenvalue weighted by Crippen LogP contribution is 2.28. The van der Waals surface area contributed by atoms with Crippen molar-refractivity contribution in [3.63, 3.8) is 0 Å². The molecular weight excluding hydrogens is 384 g/mol. The molecule has 3 rings (SSSR count). The number of ketones is 1. The standard InChI is InChI=1S/C24H20O4S/c25-21(29)16-20(17-10-4-1-5-11-17)22(26)24(27)28-23(18-12-6-2-7-13-18)19-14-8-3-9-15-19/h1-15,20,23H,16H2,(H,25,29). The van der Waals surface area contributed by atoms with Crippen molar-refractivity contribution in [2.45, 2.75) is 18.4 Å². The summed E-state index contributed by atoms with van der Waals surface area (Å²) in [4.78, 5) is 37.3. The predicted molar refractivity (Wildman–Crippen MR) is 114 cm³/mol. The molecule has 0 aromatic heterocycles. The van der Waals surface area contributed by atoms with Crippen LogP contribution >= 0.6 is 12.6 Å². The van der Waals surface area contributed by atoms with Crippen LogP contribution < -0.4 is 0 Å². The van der Waals surface area contributed by atoms with Crippen LogP contribution in [0.1, 0.15) is 35.1 Å². The van der Waals surface area contributed by atoms with E-state index in [1.807, 2.05) is 60.7 Å². The minimum absolute atomic E-state index is 0.178. The van der Waals surface area contributed by atoms with Crippen molar-refractivity contribution in [2.24, 2.45) is 0 Å². The first kappa shape index (κ1) is 20.6. The van der Waals surface area contributed by atoms with E-state index in [0.717, 1.165) is 11.1 Å². The molecule has 0 bridgehead atoms. The SMILES string of the molecule is O=C(S)CC(C(=O)C(=O)OC(c1ccccc1)c1ccccc1)c1ccccc1. The Morgan fingerprint density at radius 3 is 1.52 bits per heavy atom. The van der Waals surface area contributed by atoms with Gasteiger partial charge in [0.05, 0.1) is 5.92 Å². The van der Waals surface area contributed by atoms with Crippen LogP contribution in [0.5, 0.6) is 0 Å². The number of ether oxygens (including phenoxy) is 1. The van der Waals surface area contributed by atoms with Gasteiger partial charge in [-0.1, -0.05) is 91.0 Å². The van der Waals surface area contributed by atoms with Crippen LogP contribution in [0.3, 0.4) is 0 Å². The largest absolute Gasteiger partial charge is 0.447 e. The Kier molecular flexibility index (Phi) is 6.98. The third-order valence-corrected chi connectivity index (χ3v) is 4.71. The molecule has 3 aromatic rings. The van der Waals surface area contributed by atoms with Crippen LogP contribution in [0, 0.1) is 0 Å². The number of hydrogen-bond acceptors (Lipinski definition) is 4. The van der Waals surface area contributed by atoms with Crippen LogP contribution in [-0.4, -0.2) is 16.9 Å². The second-order valence-corrected chi connectivity index (χ2v) is 7.03. The Labute approximate surface area is 174 Å². The number of hydrogen-bond donors (Lipinski definition) is 1. The summed E-state index contributed by atoms with van der Waals surface area (Å²) in [6.45, 7) is 0. The summed E-state index contributed by atoms with van der Waals surface area (Å²) in [5.74, 6) is -2.68. The van der Waals surface area contributed by atoms with Gasteiger partial charge in [0.15, 0.2) is 11.2 Å². The van der Waals surface area contributed by atoms with Crippen molar-refractivity contribution < 1.29 is 19.1 Å². The lowest BCUT2D eigenvalue weighted by Crippen LogP contribution is -2.27. The predicted octanol–water partition coefficient (Wildman–Crippen LogP) is 4.52. The van der Waals surface area contributed by atoms with Gasteiger partial charge in [0.25, 0.3) is 0 Å². The third-order valence-electron chi connectivity index (χ3n) is 4.53. The summed E-state index contributed by atoms with van der Waals surface area (Å²) in [6, 6.07) is 27.1. The first-order chi connectivity index (χ1) is 14.1. The number of thiol groups is 1. The molecule has 5 heteroatoms. The molecule has 0 aliphatic rings. The highest BCUT2D eigenvalue weighted by atomic mass is 32.1. The van der Waals surface area contributed by atoms with Crippen LogP contribution in [0.25, 0.3) is 0 Å². The highest BCUT2D eigenvalue weighted by molar-refractivity contribution is 7.96. The lowest BCUT2D eigenvalue weighted by atomic mass is 9.92. The fourth-order valence-corrected chi connectivity index (χ4v) is 3.30. The Balaban J connectivity index is 1.88. The number of carbonyl (C=O) groups excluding carboxylic acids is 3. The van der Waals surface area contributed by atoms with Crippen molar-refractivity contribution >= 4 is 29.5 Å². The molecule has 1 atom stereocenters. The molecule has 0 spiro atoms. The first-order valence-electron chi connectivity index (χ1n) is 9.17. The normalized spacial score (nSPS) is 11.7. The molecular formula is C24H20O4S. The molecule has 29 heavy (non-hydrogen) atoms. The lowest BCUT2D eigenvalue weighted by molar-refractivity contribution is -0.157. The van der Waals surface area contributed by atoms with E-state index in [4.69, 9.17) is 4.74 Å². The van der Waals surface area contributed by atoms with Crippen LogP contribution in [0.4, 0.5) is 0 Å². The maximum Gasteiger partial charge on any atom is 0.376 e. The molecule has 0 N–H and O–H groups in total. The molecule has 3 aromatic carbocycles. The second-order valence-electron chi connectivity index (χ2n) is 6.53. The number of benzene rings is 3. The molecule has 146 valence electrons. The Morgan fingerprint density at radius 1 is 0.690 bits per heavy atom. The van der Waals surface area contributed by atoms with Crippen LogP contribution in [-0.2, 0) is 19.1 Å². The first-order valence-corrected chi connectivity index (χ1v) is 9.62. The molecule has 1 unspecified atom stereocenters. The van der Waals surface area contributed by atoms with Gasteiger partial charge in [0.2, 0.25) is 5.78 Å². The topological polar surface area (TPSA) is 60.4 Å². The highest BCUT2D eigenvalue weighted by Gasteiger charge is 2.32. The van der Waals surface area contributed by atoms with E-state index < -0.39 is 28.9 Å². The van der Waals surface area contributed by atoms with Gasteiger partial charge in [-0.25, -0.2) is 4.79 Å². The van der Waals surface area contributed by atoms with Gasteiger partial charge in [-0.15, -0.1) is 12.6 Å². The fraction of sp³-hybridized carbons (Fsp3) is 0.125. The summed E-state index contributed by atoms with van der Waals surface area (Å²) in [6.07, 6.45) is -0.903. The summed E-state index contributed by atoms with van der Waals surface area (Å²) in [7, 11) is 0. The Hall–Kier alpha value is -3.18. The molecule has 0 radical (unpaired) electrons. The minimum Gasteiger partial charge on any atom is -0.447 e. The van der Waals surface area contributed by atoms with E-state index in [0.29, 0.717) is 5.56 Å². The number of rotatable bonds is 8. The fourth-order valence-electron chi connectivity index (χ4n) is 3.11. The van der Waals surface area contributed by atoms with E-state index in [1.165, 1.54) is 0 Å². The molecule has 0 aliphatic heterocycles. The Bertz CT molecular complexity index is 932. The summed E-state index contributed by atoms with van der Waals surface area (Å²) in [5, 5.41) is -0.470. The van der Waals surface area contributed by atoms with Crippen molar-refractivity contribution in [3.05, 3.63) is 108 Å². The van der Waals surface area contributed by atoms with Gasteiger partial charge in [-0.3, -0.25) is 9.59 Å². The van der Waals surface area contributed by atoms with Crippen LogP contribution in [0.15, 0.2) is 91.0 Å². The van der Waals surface area contributed by atoms with Crippen molar-refractivity contribution in [3.8, 4) is 0 Å². The molecule has 4 nitrogen and oxygen atoms in total. The quantitative estimate of drug-likeness (QED) is 0.341. The molecule has 0 fully saturated rings. The van der Waals surface area contributed by atoms with Gasteiger partial charge in [0.1, 0.15) is 0 Å². The Morgan fingerprint density at radius 2 is 1.10 bits per heavy atom. The molecule has 0 heterocycles. The van der Waals surface area contributed by atoms with E-state index in [2.05, 4.69) is 12.6 Å². The maximum atomic E-state index is 12.9. The number of carbonyl (C=O) groups is 3. The van der Waals surface area contributed by atoms with Crippen molar-refractivity contribution in [1.29, 1.82) is 0 Å². The zero-order valence-corrected chi connectivity index (χ0v) is 16.5. The zero-order chi connectivity index (χ0) is 20.6. The molecule has 0 aliphatic carbocycles. The minimum atomic E-state index is -0.980. The van der Waals surface area contributed by atoms with E-state index in [1.54, 1.807) is 30.3 Å². The average Bonchev–Trinajstić information content (AvgIpc) is 2.77. The van der Waals surface area contributed by atoms with Crippen LogP contribution in [0.2, 0.25) is 0 Å². The van der Waals surface area contributed by atoms with Crippen molar-refractivity contribution in [1.82, 2.24) is 0 Å². The molecule has 0 saturated carbocycles. The van der Waals surface area contributed by atoms with Gasteiger partial charge in [-0.05, 0) is 16.7 Å². The maximum absolute atomic E-state index is 12.9. The lowest BCUT2D eigenvalue weighted by Gasteiger charge is -2.20. The van der Waals surface area contributed by atoms with E-state index in [-0.39, 0.29) is 6.42 Å². The monoisotopic (exact) mass is 404 g/mol. The number of Topliss-reactive ketones (excluding diaryl/α,β-unsaturated/α-hetero) is 1. The second kappa shape index (κ2) is 9.85. The van der Waals surface area contributed by atoms with Gasteiger partial charge >= 0.3 is 5.97 Å². The number of esters is 1. The molecule has 0 amide bonds. The van der Waals surface area contributed by atoms with Gasteiger partial charge < -0.3 is 4.74 Å².